The number of hydrogen-bond donors (Lipinski definition) is 2. The Kier molecular flexibility index (Phi) is 3.97. The monoisotopic (exact) mass is 194 g/mol. The third-order valence-electron chi connectivity index (χ3n) is 3.57. The molecule has 3 unspecified atom stereocenters. The minimum atomic E-state index is 0.112. The van der Waals surface area contributed by atoms with E-state index in [9.17, 15) is 0 Å². The van der Waals surface area contributed by atoms with Gasteiger partial charge in [-0.3, -0.25) is 5.32 Å². The molecule has 0 aliphatic heterocycles. The van der Waals surface area contributed by atoms with E-state index in [1.165, 1.54) is 25.7 Å². The molecule has 0 heterocycles. The van der Waals surface area contributed by atoms with Crippen molar-refractivity contribution in [1.82, 2.24) is 5.32 Å². The fraction of sp³-hybridized carbons (Fsp3) is 0.833. The van der Waals surface area contributed by atoms with Gasteiger partial charge in [-0.1, -0.05) is 25.7 Å². The third-order valence-corrected chi connectivity index (χ3v) is 3.57. The number of hydrogen-bond acceptors (Lipinski definition) is 2. The van der Waals surface area contributed by atoms with E-state index in [4.69, 9.17) is 12.2 Å². The molecule has 0 bridgehead atoms. The predicted molar refractivity (Wildman–Crippen MR) is 60.8 cm³/mol. The molecule has 1 fully saturated rings. The van der Waals surface area contributed by atoms with Crippen LogP contribution in [-0.2, 0) is 0 Å². The van der Waals surface area contributed by atoms with Gasteiger partial charge in [0.15, 0.2) is 0 Å². The second-order valence-electron chi connectivity index (χ2n) is 4.39. The maximum absolute atomic E-state index is 5.91. The van der Waals surface area contributed by atoms with E-state index in [0.29, 0.717) is 12.5 Å². The first kappa shape index (κ1) is 11.6. The SMILES string of the molecule is C#CC(C)NC1(CN)CCCC1CC. The molecule has 0 saturated heterocycles. The van der Waals surface area contributed by atoms with E-state index < -0.39 is 0 Å². The minimum Gasteiger partial charge on any atom is -0.329 e. The molecule has 2 heteroatoms. The van der Waals surface area contributed by atoms with Crippen LogP contribution in [0.15, 0.2) is 0 Å². The van der Waals surface area contributed by atoms with Gasteiger partial charge in [-0.25, -0.2) is 0 Å². The Labute approximate surface area is 87.6 Å². The summed E-state index contributed by atoms with van der Waals surface area (Å²) in [6.45, 7) is 4.97. The predicted octanol–water partition coefficient (Wildman–Crippen LogP) is 1.51. The molecular formula is C12H22N2. The standard InChI is InChI=1S/C12H22N2/c1-4-10(3)14-12(9-13)8-6-7-11(12)5-2/h1,10-11,14H,5-9,13H2,2-3H3. The fourth-order valence-corrected chi connectivity index (χ4v) is 2.73. The fourth-order valence-electron chi connectivity index (χ4n) is 2.73. The Morgan fingerprint density at radius 2 is 2.43 bits per heavy atom. The third kappa shape index (κ3) is 2.10. The van der Waals surface area contributed by atoms with Gasteiger partial charge in [-0.2, -0.15) is 0 Å². The second kappa shape index (κ2) is 4.82. The van der Waals surface area contributed by atoms with Crippen molar-refractivity contribution in [2.24, 2.45) is 11.7 Å². The Morgan fingerprint density at radius 3 is 2.93 bits per heavy atom. The van der Waals surface area contributed by atoms with Crippen LogP contribution in [0.4, 0.5) is 0 Å². The van der Waals surface area contributed by atoms with E-state index >= 15 is 0 Å². The summed E-state index contributed by atoms with van der Waals surface area (Å²) in [5.74, 6) is 3.43. The zero-order chi connectivity index (χ0) is 10.6. The lowest BCUT2D eigenvalue weighted by molar-refractivity contribution is 0.237. The molecule has 14 heavy (non-hydrogen) atoms. The van der Waals surface area contributed by atoms with Gasteiger partial charge in [-0.05, 0) is 25.7 Å². The average Bonchev–Trinajstić information content (AvgIpc) is 2.61. The zero-order valence-electron chi connectivity index (χ0n) is 9.34. The van der Waals surface area contributed by atoms with Crippen LogP contribution in [0.1, 0.15) is 39.5 Å². The lowest BCUT2D eigenvalue weighted by atomic mass is 9.84. The number of nitrogens with two attached hydrogens (primary N) is 1. The van der Waals surface area contributed by atoms with Crippen LogP contribution in [-0.4, -0.2) is 18.1 Å². The summed E-state index contributed by atoms with van der Waals surface area (Å²) in [5.41, 5.74) is 6.02. The lowest BCUT2D eigenvalue weighted by Crippen LogP contribution is -2.56. The number of rotatable bonds is 4. The molecular weight excluding hydrogens is 172 g/mol. The molecule has 3 atom stereocenters. The van der Waals surface area contributed by atoms with Gasteiger partial charge in [0.05, 0.1) is 6.04 Å². The van der Waals surface area contributed by atoms with Crippen LogP contribution >= 0.6 is 0 Å². The molecule has 0 aromatic heterocycles. The molecule has 3 N–H and O–H groups in total. The molecule has 2 nitrogen and oxygen atoms in total. The first-order chi connectivity index (χ1) is 6.68. The molecule has 0 radical (unpaired) electrons. The quantitative estimate of drug-likeness (QED) is 0.666. The second-order valence-corrected chi connectivity index (χ2v) is 4.39. The van der Waals surface area contributed by atoms with Gasteiger partial charge >= 0.3 is 0 Å². The minimum absolute atomic E-state index is 0.112. The van der Waals surface area contributed by atoms with Crippen LogP contribution in [0, 0.1) is 18.3 Å². The largest absolute Gasteiger partial charge is 0.329 e. The first-order valence-electron chi connectivity index (χ1n) is 5.62. The molecule has 0 spiro atoms. The van der Waals surface area contributed by atoms with Crippen molar-refractivity contribution < 1.29 is 0 Å². The Hall–Kier alpha value is -0.520. The topological polar surface area (TPSA) is 38.0 Å². The summed E-state index contributed by atoms with van der Waals surface area (Å²) in [6, 6.07) is 0.130. The Balaban J connectivity index is 2.70. The average molecular weight is 194 g/mol. The summed E-state index contributed by atoms with van der Waals surface area (Å²) in [7, 11) is 0. The summed E-state index contributed by atoms with van der Waals surface area (Å²) in [6.07, 6.45) is 10.3. The van der Waals surface area contributed by atoms with Crippen molar-refractivity contribution in [3.05, 3.63) is 0 Å². The maximum Gasteiger partial charge on any atom is 0.0663 e. The van der Waals surface area contributed by atoms with Crippen molar-refractivity contribution in [2.45, 2.75) is 51.1 Å². The van der Waals surface area contributed by atoms with Crippen molar-refractivity contribution >= 4 is 0 Å². The first-order valence-corrected chi connectivity index (χ1v) is 5.62. The van der Waals surface area contributed by atoms with Gasteiger partial charge in [0.25, 0.3) is 0 Å². The summed E-state index contributed by atoms with van der Waals surface area (Å²) in [5, 5.41) is 3.53. The van der Waals surface area contributed by atoms with Crippen molar-refractivity contribution in [3.8, 4) is 12.3 Å². The van der Waals surface area contributed by atoms with Crippen LogP contribution in [0.3, 0.4) is 0 Å². The maximum atomic E-state index is 5.91. The molecule has 0 aromatic carbocycles. The zero-order valence-corrected chi connectivity index (χ0v) is 9.34. The molecule has 1 rings (SSSR count). The van der Waals surface area contributed by atoms with Gasteiger partial charge in [0, 0.05) is 12.1 Å². The number of terminal acetylenes is 1. The molecule has 0 aromatic rings. The summed E-state index contributed by atoms with van der Waals surface area (Å²) < 4.78 is 0. The highest BCUT2D eigenvalue weighted by atomic mass is 15.0. The van der Waals surface area contributed by atoms with Crippen LogP contribution in [0.2, 0.25) is 0 Å². The van der Waals surface area contributed by atoms with Gasteiger partial charge in [0.2, 0.25) is 0 Å². The highest BCUT2D eigenvalue weighted by molar-refractivity contribution is 5.06. The summed E-state index contributed by atoms with van der Waals surface area (Å²) >= 11 is 0. The van der Waals surface area contributed by atoms with E-state index in [1.54, 1.807) is 0 Å². The van der Waals surface area contributed by atoms with Gasteiger partial charge in [-0.15, -0.1) is 6.42 Å². The van der Waals surface area contributed by atoms with Crippen LogP contribution < -0.4 is 11.1 Å². The Morgan fingerprint density at radius 1 is 1.71 bits per heavy atom. The summed E-state index contributed by atoms with van der Waals surface area (Å²) in [4.78, 5) is 0. The van der Waals surface area contributed by atoms with E-state index in [-0.39, 0.29) is 11.6 Å². The van der Waals surface area contributed by atoms with Crippen molar-refractivity contribution in [3.63, 3.8) is 0 Å². The van der Waals surface area contributed by atoms with E-state index in [2.05, 4.69) is 18.2 Å². The van der Waals surface area contributed by atoms with Crippen molar-refractivity contribution in [2.75, 3.05) is 6.54 Å². The van der Waals surface area contributed by atoms with Gasteiger partial charge in [0.1, 0.15) is 0 Å². The normalized spacial score (nSPS) is 34.0. The lowest BCUT2D eigenvalue weighted by Gasteiger charge is -2.36. The molecule has 0 amide bonds. The van der Waals surface area contributed by atoms with Crippen LogP contribution in [0.25, 0.3) is 0 Å². The highest BCUT2D eigenvalue weighted by Gasteiger charge is 2.40. The smallest absolute Gasteiger partial charge is 0.0663 e. The molecule has 1 saturated carbocycles. The van der Waals surface area contributed by atoms with E-state index in [0.717, 1.165) is 0 Å². The van der Waals surface area contributed by atoms with Gasteiger partial charge < -0.3 is 5.73 Å². The number of nitrogens with one attached hydrogen (secondary N) is 1. The highest BCUT2D eigenvalue weighted by Crippen LogP contribution is 2.37. The molecule has 1 aliphatic rings. The Bertz CT molecular complexity index is 219. The molecule has 80 valence electrons. The van der Waals surface area contributed by atoms with E-state index in [1.807, 2.05) is 6.92 Å². The van der Waals surface area contributed by atoms with Crippen molar-refractivity contribution in [1.29, 1.82) is 0 Å². The van der Waals surface area contributed by atoms with Crippen LogP contribution in [0.5, 0.6) is 0 Å². The molecule has 1 aliphatic carbocycles.